The van der Waals surface area contributed by atoms with Gasteiger partial charge in [0, 0.05) is 16.9 Å². The van der Waals surface area contributed by atoms with Crippen molar-refractivity contribution in [2.45, 2.75) is 20.3 Å². The molecule has 2 N–H and O–H groups in total. The van der Waals surface area contributed by atoms with Crippen molar-refractivity contribution < 1.29 is 9.53 Å². The molecule has 5 nitrogen and oxygen atoms in total. The molecule has 0 unspecified atom stereocenters. The predicted octanol–water partition coefficient (Wildman–Crippen LogP) is 4.00. The Kier molecular flexibility index (Phi) is 4.61. The minimum atomic E-state index is -0.0701. The number of aromatic nitrogens is 2. The van der Waals surface area contributed by atoms with Crippen LogP contribution in [0.2, 0.25) is 0 Å². The minimum Gasteiger partial charge on any atom is -0.457 e. The van der Waals surface area contributed by atoms with Crippen molar-refractivity contribution >= 4 is 11.6 Å². The number of carbonyl (C=O) groups is 1. The third kappa shape index (κ3) is 3.81. The van der Waals surface area contributed by atoms with E-state index in [9.17, 15) is 4.79 Å². The Morgan fingerprint density at radius 2 is 1.71 bits per heavy atom. The zero-order chi connectivity index (χ0) is 16.9. The summed E-state index contributed by atoms with van der Waals surface area (Å²) < 4.78 is 5.73. The molecular formula is C19H19N3O2. The van der Waals surface area contributed by atoms with E-state index in [1.54, 1.807) is 0 Å². The molecule has 0 saturated carbocycles. The normalized spacial score (nSPS) is 10.4. The van der Waals surface area contributed by atoms with Gasteiger partial charge in [0.2, 0.25) is 5.91 Å². The molecule has 0 atom stereocenters. The van der Waals surface area contributed by atoms with Crippen LogP contribution in [0.5, 0.6) is 11.5 Å². The summed E-state index contributed by atoms with van der Waals surface area (Å²) in [5.74, 6) is 1.43. The van der Waals surface area contributed by atoms with Gasteiger partial charge in [0.05, 0.1) is 12.1 Å². The Hall–Kier alpha value is -3.08. The lowest BCUT2D eigenvalue weighted by Crippen LogP contribution is -2.15. The summed E-state index contributed by atoms with van der Waals surface area (Å²) in [7, 11) is 0. The van der Waals surface area contributed by atoms with Crippen molar-refractivity contribution in [3.8, 4) is 11.5 Å². The number of benzene rings is 2. The van der Waals surface area contributed by atoms with Crippen LogP contribution in [-0.4, -0.2) is 16.1 Å². The maximum atomic E-state index is 12.2. The van der Waals surface area contributed by atoms with Gasteiger partial charge in [-0.1, -0.05) is 18.2 Å². The zero-order valence-electron chi connectivity index (χ0n) is 13.7. The smallest absolute Gasteiger partial charge is 0.228 e. The molecule has 122 valence electrons. The lowest BCUT2D eigenvalue weighted by molar-refractivity contribution is -0.115. The number of anilines is 1. The molecule has 0 bridgehead atoms. The second-order valence-corrected chi connectivity index (χ2v) is 5.58. The monoisotopic (exact) mass is 321 g/mol. The number of nitrogens with one attached hydrogen (secondary N) is 2. The Morgan fingerprint density at radius 3 is 2.33 bits per heavy atom. The molecule has 0 aliphatic heterocycles. The highest BCUT2D eigenvalue weighted by Crippen LogP contribution is 2.22. The SMILES string of the molecule is Cc1n[nH]c(C)c1CC(=O)Nc1ccc(Oc2ccccc2)cc1. The second-order valence-electron chi connectivity index (χ2n) is 5.58. The van der Waals surface area contributed by atoms with Crippen LogP contribution in [0.3, 0.4) is 0 Å². The van der Waals surface area contributed by atoms with Crippen LogP contribution in [0.15, 0.2) is 54.6 Å². The van der Waals surface area contributed by atoms with Crippen molar-refractivity contribution in [3.63, 3.8) is 0 Å². The third-order valence-electron chi connectivity index (χ3n) is 3.74. The van der Waals surface area contributed by atoms with Crippen LogP contribution >= 0.6 is 0 Å². The molecule has 3 rings (SSSR count). The maximum absolute atomic E-state index is 12.2. The lowest BCUT2D eigenvalue weighted by atomic mass is 10.1. The van der Waals surface area contributed by atoms with Gasteiger partial charge in [-0.25, -0.2) is 0 Å². The third-order valence-corrected chi connectivity index (χ3v) is 3.74. The Balaban J connectivity index is 1.61. The molecule has 0 aliphatic carbocycles. The van der Waals surface area contributed by atoms with E-state index in [1.807, 2.05) is 68.4 Å². The zero-order valence-corrected chi connectivity index (χ0v) is 13.7. The van der Waals surface area contributed by atoms with Gasteiger partial charge in [0.1, 0.15) is 11.5 Å². The highest BCUT2D eigenvalue weighted by atomic mass is 16.5. The average Bonchev–Trinajstić information content (AvgIpc) is 2.89. The first-order chi connectivity index (χ1) is 11.6. The van der Waals surface area contributed by atoms with Crippen LogP contribution < -0.4 is 10.1 Å². The number of ether oxygens (including phenoxy) is 1. The van der Waals surface area contributed by atoms with Gasteiger partial charge < -0.3 is 10.1 Å². The van der Waals surface area contributed by atoms with E-state index in [1.165, 1.54) is 0 Å². The van der Waals surface area contributed by atoms with Gasteiger partial charge in [-0.05, 0) is 50.2 Å². The van der Waals surface area contributed by atoms with Crippen molar-refractivity contribution in [3.05, 3.63) is 71.5 Å². The van der Waals surface area contributed by atoms with Gasteiger partial charge in [0.15, 0.2) is 0 Å². The van der Waals surface area contributed by atoms with E-state index < -0.39 is 0 Å². The van der Waals surface area contributed by atoms with E-state index in [2.05, 4.69) is 15.5 Å². The molecule has 1 heterocycles. The number of carbonyl (C=O) groups excluding carboxylic acids is 1. The topological polar surface area (TPSA) is 67.0 Å². The summed E-state index contributed by atoms with van der Waals surface area (Å²) in [6, 6.07) is 16.9. The second kappa shape index (κ2) is 7.00. The Labute approximate surface area is 140 Å². The first-order valence-electron chi connectivity index (χ1n) is 7.75. The summed E-state index contributed by atoms with van der Waals surface area (Å²) in [5, 5.41) is 9.89. The standard InChI is InChI=1S/C19H19N3O2/c1-13-18(14(2)22-21-13)12-19(23)20-15-8-10-17(11-9-15)24-16-6-4-3-5-7-16/h3-11H,12H2,1-2H3,(H,20,23)(H,21,22). The highest BCUT2D eigenvalue weighted by molar-refractivity contribution is 5.92. The number of H-pyrrole nitrogens is 1. The van der Waals surface area contributed by atoms with Crippen LogP contribution in [0.25, 0.3) is 0 Å². The number of amides is 1. The molecule has 0 radical (unpaired) electrons. The Morgan fingerprint density at radius 1 is 1.04 bits per heavy atom. The number of rotatable bonds is 5. The van der Waals surface area contributed by atoms with Crippen LogP contribution in [0, 0.1) is 13.8 Å². The maximum Gasteiger partial charge on any atom is 0.228 e. The fourth-order valence-electron chi connectivity index (χ4n) is 2.43. The molecule has 2 aromatic carbocycles. The molecule has 0 aliphatic rings. The summed E-state index contributed by atoms with van der Waals surface area (Å²) in [4.78, 5) is 12.2. The van der Waals surface area contributed by atoms with E-state index in [0.717, 1.165) is 34.1 Å². The van der Waals surface area contributed by atoms with E-state index >= 15 is 0 Å². The van der Waals surface area contributed by atoms with E-state index in [4.69, 9.17) is 4.74 Å². The fraction of sp³-hybridized carbons (Fsp3) is 0.158. The van der Waals surface area contributed by atoms with Crippen LogP contribution in [-0.2, 0) is 11.2 Å². The molecule has 1 amide bonds. The molecule has 0 spiro atoms. The molecule has 3 aromatic rings. The van der Waals surface area contributed by atoms with Crippen LogP contribution in [0.1, 0.15) is 17.0 Å². The van der Waals surface area contributed by atoms with Crippen LogP contribution in [0.4, 0.5) is 5.69 Å². The number of nitrogens with zero attached hydrogens (tertiary/aromatic N) is 1. The Bertz CT molecular complexity index is 804. The molecular weight excluding hydrogens is 302 g/mol. The summed E-state index contributed by atoms with van der Waals surface area (Å²) >= 11 is 0. The molecule has 0 saturated heterocycles. The minimum absolute atomic E-state index is 0.0701. The lowest BCUT2D eigenvalue weighted by Gasteiger charge is -2.08. The predicted molar refractivity (Wildman–Crippen MR) is 93.4 cm³/mol. The number of aryl methyl sites for hydroxylation is 2. The molecule has 5 heteroatoms. The quantitative estimate of drug-likeness (QED) is 0.746. The molecule has 0 fully saturated rings. The van der Waals surface area contributed by atoms with Gasteiger partial charge in [0.25, 0.3) is 0 Å². The van der Waals surface area contributed by atoms with E-state index in [-0.39, 0.29) is 5.91 Å². The number of aromatic amines is 1. The summed E-state index contributed by atoms with van der Waals surface area (Å²) in [6.07, 6.45) is 0.302. The fourth-order valence-corrected chi connectivity index (χ4v) is 2.43. The van der Waals surface area contributed by atoms with Crippen molar-refractivity contribution in [1.29, 1.82) is 0 Å². The molecule has 1 aromatic heterocycles. The first-order valence-corrected chi connectivity index (χ1v) is 7.75. The summed E-state index contributed by atoms with van der Waals surface area (Å²) in [6.45, 7) is 3.81. The summed E-state index contributed by atoms with van der Waals surface area (Å²) in [5.41, 5.74) is 3.46. The van der Waals surface area contributed by atoms with Crippen molar-refractivity contribution in [1.82, 2.24) is 10.2 Å². The largest absolute Gasteiger partial charge is 0.457 e. The van der Waals surface area contributed by atoms with E-state index in [0.29, 0.717) is 6.42 Å². The molecule has 24 heavy (non-hydrogen) atoms. The highest BCUT2D eigenvalue weighted by Gasteiger charge is 2.11. The number of para-hydroxylation sites is 1. The van der Waals surface area contributed by atoms with Gasteiger partial charge >= 0.3 is 0 Å². The van der Waals surface area contributed by atoms with Gasteiger partial charge in [-0.15, -0.1) is 0 Å². The van der Waals surface area contributed by atoms with Crippen molar-refractivity contribution in [2.75, 3.05) is 5.32 Å². The van der Waals surface area contributed by atoms with Gasteiger partial charge in [-0.2, -0.15) is 5.10 Å². The van der Waals surface area contributed by atoms with Crippen molar-refractivity contribution in [2.24, 2.45) is 0 Å². The van der Waals surface area contributed by atoms with Gasteiger partial charge in [-0.3, -0.25) is 9.89 Å². The number of hydrogen-bond donors (Lipinski definition) is 2. The average molecular weight is 321 g/mol. The first kappa shape index (κ1) is 15.8. The number of hydrogen-bond acceptors (Lipinski definition) is 3.